The number of nitrogens with zero attached hydrogens (tertiary/aromatic N) is 1. The van der Waals surface area contributed by atoms with E-state index in [0.29, 0.717) is 6.04 Å². The van der Waals surface area contributed by atoms with Gasteiger partial charge in [0, 0.05) is 6.04 Å². The van der Waals surface area contributed by atoms with Crippen LogP contribution < -0.4 is 4.74 Å². The summed E-state index contributed by atoms with van der Waals surface area (Å²) in [5.41, 5.74) is 0.949. The van der Waals surface area contributed by atoms with E-state index in [1.165, 1.54) is 12.8 Å². The number of aliphatic hydroxyl groups excluding tert-OH is 1. The van der Waals surface area contributed by atoms with Gasteiger partial charge in [0.25, 0.3) is 0 Å². The highest BCUT2D eigenvalue weighted by molar-refractivity contribution is 5.85. The Morgan fingerprint density at radius 1 is 1.50 bits per heavy atom. The minimum absolute atomic E-state index is 0. The molecule has 0 aliphatic carbocycles. The number of aliphatic hydroxyl groups is 1. The van der Waals surface area contributed by atoms with Crippen molar-refractivity contribution in [1.29, 1.82) is 0 Å². The van der Waals surface area contributed by atoms with Crippen molar-refractivity contribution in [2.24, 2.45) is 0 Å². The third-order valence-electron chi connectivity index (χ3n) is 3.65. The van der Waals surface area contributed by atoms with Crippen LogP contribution in [0.3, 0.4) is 0 Å². The van der Waals surface area contributed by atoms with Gasteiger partial charge in [0.15, 0.2) is 0 Å². The van der Waals surface area contributed by atoms with Gasteiger partial charge in [0.1, 0.15) is 5.75 Å². The van der Waals surface area contributed by atoms with Crippen LogP contribution >= 0.6 is 12.4 Å². The standard InChI is InChI=1S/C14H21NO2.ClH/c1-15-8-4-6-12(15)10-14(16)11-5-3-7-13(9-11)17-2;/h3,5,7,9,12,14,16H,4,6,8,10H2,1-2H3;1H/t12-,14-;/m1./s1. The molecule has 0 aromatic heterocycles. The quantitative estimate of drug-likeness (QED) is 0.914. The third kappa shape index (κ3) is 3.61. The number of methoxy groups -OCH3 is 1. The summed E-state index contributed by atoms with van der Waals surface area (Å²) in [5.74, 6) is 0.807. The predicted molar refractivity (Wildman–Crippen MR) is 75.5 cm³/mol. The van der Waals surface area contributed by atoms with Crippen LogP contribution in [0.1, 0.15) is 30.9 Å². The second kappa shape index (κ2) is 6.98. The summed E-state index contributed by atoms with van der Waals surface area (Å²) in [6.07, 6.45) is 2.85. The summed E-state index contributed by atoms with van der Waals surface area (Å²) in [6, 6.07) is 8.21. The molecule has 1 aromatic rings. The molecule has 0 amide bonds. The Morgan fingerprint density at radius 3 is 2.89 bits per heavy atom. The van der Waals surface area contributed by atoms with Gasteiger partial charge in [-0.05, 0) is 50.6 Å². The van der Waals surface area contributed by atoms with Gasteiger partial charge in [-0.1, -0.05) is 12.1 Å². The SMILES string of the molecule is COc1cccc([C@H](O)C[C@H]2CCCN2C)c1.Cl. The van der Waals surface area contributed by atoms with Crippen molar-refractivity contribution >= 4 is 12.4 Å². The van der Waals surface area contributed by atoms with Crippen LogP contribution in [0.4, 0.5) is 0 Å². The molecule has 1 fully saturated rings. The van der Waals surface area contributed by atoms with Crippen molar-refractivity contribution in [3.05, 3.63) is 29.8 Å². The molecule has 0 unspecified atom stereocenters. The van der Waals surface area contributed by atoms with E-state index in [1.54, 1.807) is 7.11 Å². The van der Waals surface area contributed by atoms with Gasteiger partial charge in [-0.25, -0.2) is 0 Å². The first kappa shape index (κ1) is 15.3. The van der Waals surface area contributed by atoms with Crippen LogP contribution in [0.15, 0.2) is 24.3 Å². The van der Waals surface area contributed by atoms with Crippen molar-refractivity contribution in [3.8, 4) is 5.75 Å². The molecule has 102 valence electrons. The second-order valence-corrected chi connectivity index (χ2v) is 4.80. The van der Waals surface area contributed by atoms with E-state index in [9.17, 15) is 5.11 Å². The first-order valence-electron chi connectivity index (χ1n) is 6.23. The van der Waals surface area contributed by atoms with Gasteiger partial charge in [-0.3, -0.25) is 0 Å². The molecule has 1 aliphatic rings. The Labute approximate surface area is 115 Å². The Balaban J connectivity index is 0.00000162. The Hall–Kier alpha value is -0.770. The van der Waals surface area contributed by atoms with Gasteiger partial charge in [-0.2, -0.15) is 0 Å². The van der Waals surface area contributed by atoms with E-state index >= 15 is 0 Å². The Morgan fingerprint density at radius 2 is 2.28 bits per heavy atom. The summed E-state index contributed by atoms with van der Waals surface area (Å²) >= 11 is 0. The molecule has 0 spiro atoms. The molecular weight excluding hydrogens is 250 g/mol. The van der Waals surface area contributed by atoms with E-state index in [2.05, 4.69) is 11.9 Å². The van der Waals surface area contributed by atoms with Crippen molar-refractivity contribution in [2.45, 2.75) is 31.4 Å². The Kier molecular flexibility index (Phi) is 5.93. The molecular formula is C14H22ClNO2. The van der Waals surface area contributed by atoms with Crippen molar-refractivity contribution in [3.63, 3.8) is 0 Å². The smallest absolute Gasteiger partial charge is 0.119 e. The fraction of sp³-hybridized carbons (Fsp3) is 0.571. The fourth-order valence-electron chi connectivity index (χ4n) is 2.52. The summed E-state index contributed by atoms with van der Waals surface area (Å²) < 4.78 is 5.17. The van der Waals surface area contributed by atoms with E-state index in [4.69, 9.17) is 4.74 Å². The number of ether oxygens (including phenoxy) is 1. The minimum atomic E-state index is -0.393. The monoisotopic (exact) mass is 271 g/mol. The molecule has 3 nitrogen and oxygen atoms in total. The van der Waals surface area contributed by atoms with E-state index in [1.807, 2.05) is 24.3 Å². The summed E-state index contributed by atoms with van der Waals surface area (Å²) in [5, 5.41) is 10.2. The van der Waals surface area contributed by atoms with Crippen LogP contribution in [0.5, 0.6) is 5.75 Å². The predicted octanol–water partition coefficient (Wildman–Crippen LogP) is 2.63. The Bertz CT molecular complexity index is 373. The molecule has 1 saturated heterocycles. The van der Waals surface area contributed by atoms with Crippen molar-refractivity contribution in [2.75, 3.05) is 20.7 Å². The minimum Gasteiger partial charge on any atom is -0.497 e. The van der Waals surface area contributed by atoms with Crippen LogP contribution in [-0.2, 0) is 0 Å². The molecule has 4 heteroatoms. The van der Waals surface area contributed by atoms with Crippen molar-refractivity contribution in [1.82, 2.24) is 4.90 Å². The molecule has 1 N–H and O–H groups in total. The number of likely N-dealkylation sites (tertiary alicyclic amines) is 1. The highest BCUT2D eigenvalue weighted by atomic mass is 35.5. The zero-order valence-electron chi connectivity index (χ0n) is 11.0. The van der Waals surface area contributed by atoms with Crippen LogP contribution in [0, 0.1) is 0 Å². The number of hydrogen-bond donors (Lipinski definition) is 1. The number of benzene rings is 1. The third-order valence-corrected chi connectivity index (χ3v) is 3.65. The van der Waals surface area contributed by atoms with Gasteiger partial charge in [-0.15, -0.1) is 12.4 Å². The maximum absolute atomic E-state index is 10.2. The number of halogens is 1. The molecule has 1 heterocycles. The molecule has 1 aliphatic heterocycles. The van der Waals surface area contributed by atoms with Crippen molar-refractivity contribution < 1.29 is 9.84 Å². The number of hydrogen-bond acceptors (Lipinski definition) is 3. The molecule has 0 bridgehead atoms. The molecule has 2 atom stereocenters. The maximum atomic E-state index is 10.2. The van der Waals surface area contributed by atoms with Gasteiger partial charge in [0.2, 0.25) is 0 Å². The highest BCUT2D eigenvalue weighted by Crippen LogP contribution is 2.27. The lowest BCUT2D eigenvalue weighted by Gasteiger charge is -2.22. The van der Waals surface area contributed by atoms with Crippen LogP contribution in [0.25, 0.3) is 0 Å². The number of rotatable bonds is 4. The van der Waals surface area contributed by atoms with Gasteiger partial charge < -0.3 is 14.7 Å². The largest absolute Gasteiger partial charge is 0.497 e. The van der Waals surface area contributed by atoms with Crippen LogP contribution in [0.2, 0.25) is 0 Å². The average Bonchev–Trinajstić information content (AvgIpc) is 2.75. The summed E-state index contributed by atoms with van der Waals surface area (Å²) in [6.45, 7) is 1.15. The fourth-order valence-corrected chi connectivity index (χ4v) is 2.52. The topological polar surface area (TPSA) is 32.7 Å². The van der Waals surface area contributed by atoms with E-state index < -0.39 is 6.10 Å². The summed E-state index contributed by atoms with van der Waals surface area (Å²) in [7, 11) is 3.78. The lowest BCUT2D eigenvalue weighted by Crippen LogP contribution is -2.26. The van der Waals surface area contributed by atoms with Gasteiger partial charge in [0.05, 0.1) is 13.2 Å². The highest BCUT2D eigenvalue weighted by Gasteiger charge is 2.24. The average molecular weight is 272 g/mol. The second-order valence-electron chi connectivity index (χ2n) is 4.80. The lowest BCUT2D eigenvalue weighted by molar-refractivity contribution is 0.130. The zero-order chi connectivity index (χ0) is 12.3. The molecule has 0 radical (unpaired) electrons. The molecule has 1 aromatic carbocycles. The lowest BCUT2D eigenvalue weighted by atomic mass is 10.0. The first-order chi connectivity index (χ1) is 8.20. The summed E-state index contributed by atoms with van der Waals surface area (Å²) in [4.78, 5) is 2.34. The van der Waals surface area contributed by atoms with E-state index in [-0.39, 0.29) is 12.4 Å². The first-order valence-corrected chi connectivity index (χ1v) is 6.23. The molecule has 0 saturated carbocycles. The zero-order valence-corrected chi connectivity index (χ0v) is 11.8. The van der Waals surface area contributed by atoms with Gasteiger partial charge >= 0.3 is 0 Å². The molecule has 2 rings (SSSR count). The normalized spacial score (nSPS) is 21.4. The molecule has 18 heavy (non-hydrogen) atoms. The maximum Gasteiger partial charge on any atom is 0.119 e. The van der Waals surface area contributed by atoms with E-state index in [0.717, 1.165) is 24.3 Å². The van der Waals surface area contributed by atoms with Crippen LogP contribution in [-0.4, -0.2) is 36.8 Å².